The summed E-state index contributed by atoms with van der Waals surface area (Å²) in [4.78, 5) is 26.8. The zero-order chi connectivity index (χ0) is 28.8. The standard InChI is InChI=1S/C28H38N2O2.C2HF3O2/c1-21(2)19-32-26-11-6-5-9-24(26)18-29-15-12-28(13-16-29)14-17-30(20-28)27(31)25-10-7-8-22(3)23(25)4;3-2(4,5)1(6)7/h5-11,21H,12-20H2,1-4H3;(H,6,7). The van der Waals surface area contributed by atoms with Gasteiger partial charge in [0, 0.05) is 30.8 Å². The molecule has 2 aromatic carbocycles. The van der Waals surface area contributed by atoms with E-state index in [0.717, 1.165) is 62.6 Å². The molecule has 6 nitrogen and oxygen atoms in total. The lowest BCUT2D eigenvalue weighted by atomic mass is 9.77. The minimum Gasteiger partial charge on any atom is -0.493 e. The van der Waals surface area contributed by atoms with Gasteiger partial charge in [-0.05, 0) is 80.8 Å². The van der Waals surface area contributed by atoms with Crippen molar-refractivity contribution < 1.29 is 32.6 Å². The largest absolute Gasteiger partial charge is 0.493 e. The van der Waals surface area contributed by atoms with E-state index in [1.807, 2.05) is 12.1 Å². The topological polar surface area (TPSA) is 70.1 Å². The number of aryl methyl sites for hydroxylation is 1. The van der Waals surface area contributed by atoms with E-state index in [2.05, 4.69) is 67.8 Å². The number of aliphatic carboxylic acids is 1. The van der Waals surface area contributed by atoms with E-state index < -0.39 is 12.1 Å². The Hall–Kier alpha value is -3.07. The quantitative estimate of drug-likeness (QED) is 0.473. The second kappa shape index (κ2) is 12.9. The average Bonchev–Trinajstić information content (AvgIpc) is 3.29. The number of benzene rings is 2. The lowest BCUT2D eigenvalue weighted by Crippen LogP contribution is -2.42. The average molecular weight is 549 g/mol. The van der Waals surface area contributed by atoms with Gasteiger partial charge in [0.2, 0.25) is 0 Å². The van der Waals surface area contributed by atoms with Gasteiger partial charge in [-0.3, -0.25) is 9.69 Å². The molecule has 214 valence electrons. The number of alkyl halides is 3. The van der Waals surface area contributed by atoms with Crippen LogP contribution in [-0.4, -0.2) is 65.7 Å². The molecule has 0 aliphatic carbocycles. The highest BCUT2D eigenvalue weighted by molar-refractivity contribution is 5.96. The third-order valence-electron chi connectivity index (χ3n) is 7.66. The minimum absolute atomic E-state index is 0.210. The van der Waals surface area contributed by atoms with E-state index >= 15 is 0 Å². The van der Waals surface area contributed by atoms with Gasteiger partial charge in [0.1, 0.15) is 5.75 Å². The number of carbonyl (C=O) groups excluding carboxylic acids is 1. The van der Waals surface area contributed by atoms with Crippen LogP contribution in [0.2, 0.25) is 0 Å². The molecule has 0 radical (unpaired) electrons. The summed E-state index contributed by atoms with van der Waals surface area (Å²) in [6, 6.07) is 14.5. The van der Waals surface area contributed by atoms with Crippen molar-refractivity contribution in [3.05, 3.63) is 64.7 Å². The lowest BCUT2D eigenvalue weighted by molar-refractivity contribution is -0.192. The summed E-state index contributed by atoms with van der Waals surface area (Å²) in [5.74, 6) is -1.00. The van der Waals surface area contributed by atoms with E-state index in [4.69, 9.17) is 14.6 Å². The monoisotopic (exact) mass is 548 g/mol. The first-order valence-corrected chi connectivity index (χ1v) is 13.4. The number of hydrogen-bond donors (Lipinski definition) is 1. The van der Waals surface area contributed by atoms with Crippen molar-refractivity contribution in [3.63, 3.8) is 0 Å². The van der Waals surface area contributed by atoms with Gasteiger partial charge in [-0.25, -0.2) is 4.79 Å². The van der Waals surface area contributed by atoms with Crippen LogP contribution in [0, 0.1) is 25.2 Å². The summed E-state index contributed by atoms with van der Waals surface area (Å²) in [6.07, 6.45) is -1.62. The van der Waals surface area contributed by atoms with E-state index in [1.54, 1.807) is 0 Å². The second-order valence-electron chi connectivity index (χ2n) is 11.1. The Balaban J connectivity index is 0.000000532. The molecular weight excluding hydrogens is 509 g/mol. The van der Waals surface area contributed by atoms with Crippen molar-refractivity contribution in [2.24, 2.45) is 11.3 Å². The summed E-state index contributed by atoms with van der Waals surface area (Å²) < 4.78 is 37.8. The summed E-state index contributed by atoms with van der Waals surface area (Å²) in [5, 5.41) is 7.12. The van der Waals surface area contributed by atoms with E-state index in [-0.39, 0.29) is 11.3 Å². The molecule has 2 heterocycles. The molecule has 2 aliphatic rings. The molecule has 39 heavy (non-hydrogen) atoms. The van der Waals surface area contributed by atoms with Crippen molar-refractivity contribution in [1.82, 2.24) is 9.80 Å². The highest BCUT2D eigenvalue weighted by atomic mass is 19.4. The Morgan fingerprint density at radius 3 is 2.23 bits per heavy atom. The number of rotatable bonds is 6. The zero-order valence-corrected chi connectivity index (χ0v) is 23.2. The molecule has 4 rings (SSSR count). The smallest absolute Gasteiger partial charge is 0.490 e. The Bertz CT molecular complexity index is 1140. The first-order chi connectivity index (χ1) is 18.3. The third kappa shape index (κ3) is 8.21. The molecule has 2 fully saturated rings. The van der Waals surface area contributed by atoms with Crippen molar-refractivity contribution in [2.45, 2.75) is 59.7 Å². The van der Waals surface area contributed by atoms with Gasteiger partial charge < -0.3 is 14.7 Å². The summed E-state index contributed by atoms with van der Waals surface area (Å²) in [7, 11) is 0. The van der Waals surface area contributed by atoms with Crippen LogP contribution in [0.5, 0.6) is 5.75 Å². The van der Waals surface area contributed by atoms with Crippen LogP contribution in [0.1, 0.15) is 60.2 Å². The molecule has 2 aromatic rings. The van der Waals surface area contributed by atoms with Gasteiger partial charge in [0.25, 0.3) is 5.91 Å². The zero-order valence-electron chi connectivity index (χ0n) is 23.2. The molecule has 0 unspecified atom stereocenters. The van der Waals surface area contributed by atoms with E-state index in [1.165, 1.54) is 24.0 Å². The number of carboxylic acids is 1. The maximum Gasteiger partial charge on any atom is 0.490 e. The van der Waals surface area contributed by atoms with Crippen LogP contribution in [-0.2, 0) is 11.3 Å². The van der Waals surface area contributed by atoms with Crippen LogP contribution < -0.4 is 4.74 Å². The lowest BCUT2D eigenvalue weighted by Gasteiger charge is -2.39. The number of nitrogens with zero attached hydrogens (tertiary/aromatic N) is 2. The molecule has 0 bridgehead atoms. The summed E-state index contributed by atoms with van der Waals surface area (Å²) in [5.41, 5.74) is 4.75. The predicted octanol–water partition coefficient (Wildman–Crippen LogP) is 6.10. The fraction of sp³-hybridized carbons (Fsp3) is 0.533. The second-order valence-corrected chi connectivity index (χ2v) is 11.1. The number of para-hydroxylation sites is 1. The van der Waals surface area contributed by atoms with E-state index in [9.17, 15) is 18.0 Å². The van der Waals surface area contributed by atoms with Crippen LogP contribution in [0.25, 0.3) is 0 Å². The van der Waals surface area contributed by atoms with Gasteiger partial charge in [0.05, 0.1) is 6.61 Å². The normalized spacial score (nSPS) is 17.2. The molecule has 0 aromatic heterocycles. The number of hydrogen-bond acceptors (Lipinski definition) is 4. The predicted molar refractivity (Wildman–Crippen MR) is 144 cm³/mol. The fourth-order valence-corrected chi connectivity index (χ4v) is 5.13. The van der Waals surface area contributed by atoms with Gasteiger partial charge in [-0.15, -0.1) is 0 Å². The van der Waals surface area contributed by atoms with Crippen LogP contribution in [0.4, 0.5) is 13.2 Å². The maximum absolute atomic E-state index is 13.2. The summed E-state index contributed by atoms with van der Waals surface area (Å²) in [6.45, 7) is 14.2. The maximum atomic E-state index is 13.2. The molecule has 1 amide bonds. The molecule has 1 N–H and O–H groups in total. The van der Waals surface area contributed by atoms with Crippen molar-refractivity contribution in [3.8, 4) is 5.75 Å². The number of carboxylic acid groups (broad SMARTS) is 1. The van der Waals surface area contributed by atoms with Gasteiger partial charge in [-0.1, -0.05) is 44.2 Å². The molecular formula is C30H39F3N2O4. The molecule has 2 saturated heterocycles. The SMILES string of the molecule is Cc1cccc(C(=O)N2CCC3(CCN(Cc4ccccc4OCC(C)C)CC3)C2)c1C.O=C(O)C(F)(F)F. The first kappa shape index (κ1) is 30.5. The molecule has 0 atom stereocenters. The Kier molecular flexibility index (Phi) is 10.0. The van der Waals surface area contributed by atoms with Gasteiger partial charge in [0.15, 0.2) is 0 Å². The number of piperidine rings is 1. The number of likely N-dealkylation sites (tertiary alicyclic amines) is 2. The van der Waals surface area contributed by atoms with Crippen molar-refractivity contribution >= 4 is 11.9 Å². The minimum atomic E-state index is -5.08. The van der Waals surface area contributed by atoms with E-state index in [0.29, 0.717) is 5.92 Å². The highest BCUT2D eigenvalue weighted by Crippen LogP contribution is 2.41. The van der Waals surface area contributed by atoms with Crippen LogP contribution >= 0.6 is 0 Å². The number of ether oxygens (including phenoxy) is 1. The molecule has 1 spiro atoms. The number of carbonyl (C=O) groups is 2. The Morgan fingerprint density at radius 2 is 1.62 bits per heavy atom. The fourth-order valence-electron chi connectivity index (χ4n) is 5.13. The van der Waals surface area contributed by atoms with Crippen LogP contribution in [0.15, 0.2) is 42.5 Å². The van der Waals surface area contributed by atoms with Gasteiger partial charge >= 0.3 is 12.1 Å². The molecule has 9 heteroatoms. The first-order valence-electron chi connectivity index (χ1n) is 13.4. The molecule has 0 saturated carbocycles. The van der Waals surface area contributed by atoms with Gasteiger partial charge in [-0.2, -0.15) is 13.2 Å². The highest BCUT2D eigenvalue weighted by Gasteiger charge is 2.42. The summed E-state index contributed by atoms with van der Waals surface area (Å²) >= 11 is 0. The number of amides is 1. The van der Waals surface area contributed by atoms with Crippen molar-refractivity contribution in [2.75, 3.05) is 32.8 Å². The molecule has 2 aliphatic heterocycles. The third-order valence-corrected chi connectivity index (χ3v) is 7.66. The van der Waals surface area contributed by atoms with Crippen LogP contribution in [0.3, 0.4) is 0 Å². The Morgan fingerprint density at radius 1 is 1.00 bits per heavy atom. The Labute approximate surface area is 228 Å². The number of halogens is 3. The van der Waals surface area contributed by atoms with Crippen molar-refractivity contribution in [1.29, 1.82) is 0 Å².